The van der Waals surface area contributed by atoms with Gasteiger partial charge in [-0.25, -0.2) is 5.84 Å². The van der Waals surface area contributed by atoms with Crippen LogP contribution in [0.25, 0.3) is 10.9 Å². The number of hydrogen-bond donors (Lipinski definition) is 3. The van der Waals surface area contributed by atoms with Crippen molar-refractivity contribution in [1.82, 2.24) is 15.1 Å². The van der Waals surface area contributed by atoms with Gasteiger partial charge in [0.05, 0.1) is 23.1 Å². The Morgan fingerprint density at radius 2 is 1.92 bits per heavy atom. The van der Waals surface area contributed by atoms with Gasteiger partial charge in [-0.15, -0.1) is 0 Å². The maximum Gasteiger partial charge on any atom is 0.124 e. The Morgan fingerprint density at radius 1 is 1.13 bits per heavy atom. The van der Waals surface area contributed by atoms with E-state index in [4.69, 9.17) is 16.3 Å². The van der Waals surface area contributed by atoms with Crippen LogP contribution < -0.4 is 21.3 Å². The van der Waals surface area contributed by atoms with Crippen molar-refractivity contribution >= 4 is 22.3 Å². The number of hydrazine groups is 1. The lowest BCUT2D eigenvalue weighted by molar-refractivity contribution is 0.219. The average molecular weight is 513 g/mol. The minimum atomic E-state index is -0.00923. The first kappa shape index (κ1) is 26.1. The molecule has 0 saturated heterocycles. The first-order valence-corrected chi connectivity index (χ1v) is 13.3. The van der Waals surface area contributed by atoms with E-state index < -0.39 is 0 Å². The first-order chi connectivity index (χ1) is 18.0. The van der Waals surface area contributed by atoms with E-state index >= 15 is 0 Å². The summed E-state index contributed by atoms with van der Waals surface area (Å²) in [6, 6.07) is 15.4. The summed E-state index contributed by atoms with van der Waals surface area (Å²) in [5.74, 6) is 7.17. The molecule has 1 atom stereocenters. The molecule has 38 heavy (non-hydrogen) atoms. The van der Waals surface area contributed by atoms with Crippen molar-refractivity contribution in [3.63, 3.8) is 0 Å². The van der Waals surface area contributed by atoms with E-state index in [1.54, 1.807) is 5.01 Å². The van der Waals surface area contributed by atoms with Crippen LogP contribution in [0.15, 0.2) is 48.7 Å². The molecule has 1 aliphatic heterocycles. The number of anilines is 2. The number of nitrogens with zero attached hydrogens (tertiary/aromatic N) is 3. The summed E-state index contributed by atoms with van der Waals surface area (Å²) in [6.07, 6.45) is 1.85. The monoisotopic (exact) mass is 512 g/mol. The fraction of sp³-hybridized carbons (Fsp3) is 0.387. The molecule has 0 amide bonds. The predicted molar refractivity (Wildman–Crippen MR) is 156 cm³/mol. The molecule has 0 radical (unpaired) electrons. The van der Waals surface area contributed by atoms with Gasteiger partial charge in [-0.2, -0.15) is 5.10 Å². The maximum atomic E-state index is 6.56. The molecule has 4 aromatic rings. The Bertz CT molecular complexity index is 1470. The molecular weight excluding hydrogens is 472 g/mol. The van der Waals surface area contributed by atoms with E-state index in [1.165, 1.54) is 27.8 Å². The Labute approximate surface area is 225 Å². The second-order valence-corrected chi connectivity index (χ2v) is 11.8. The molecule has 3 aromatic carbocycles. The molecule has 1 unspecified atom stereocenters. The van der Waals surface area contributed by atoms with Crippen molar-refractivity contribution < 1.29 is 4.74 Å². The van der Waals surface area contributed by atoms with Gasteiger partial charge in [0.15, 0.2) is 0 Å². The van der Waals surface area contributed by atoms with Crippen molar-refractivity contribution in [3.8, 4) is 5.75 Å². The van der Waals surface area contributed by atoms with Crippen LogP contribution in [0, 0.1) is 19.3 Å². The molecule has 7 heteroatoms. The van der Waals surface area contributed by atoms with Crippen LogP contribution in [0.4, 0.5) is 11.4 Å². The van der Waals surface area contributed by atoms with E-state index in [0.29, 0.717) is 6.61 Å². The van der Waals surface area contributed by atoms with Gasteiger partial charge in [-0.3, -0.25) is 10.00 Å². The molecule has 0 spiro atoms. The van der Waals surface area contributed by atoms with E-state index in [1.807, 2.05) is 19.3 Å². The van der Waals surface area contributed by atoms with Crippen molar-refractivity contribution in [2.24, 2.45) is 11.3 Å². The van der Waals surface area contributed by atoms with Gasteiger partial charge in [-0.05, 0) is 65.3 Å². The van der Waals surface area contributed by atoms with Crippen LogP contribution in [-0.4, -0.2) is 35.3 Å². The third kappa shape index (κ3) is 4.96. The zero-order chi connectivity index (χ0) is 27.2. The molecule has 0 aliphatic carbocycles. The molecule has 5 N–H and O–H groups in total. The number of ether oxygens (including phenoxy) is 1. The second-order valence-electron chi connectivity index (χ2n) is 11.8. The van der Waals surface area contributed by atoms with Crippen molar-refractivity contribution in [2.75, 3.05) is 30.9 Å². The molecule has 5 rings (SSSR count). The van der Waals surface area contributed by atoms with Gasteiger partial charge in [0.2, 0.25) is 0 Å². The summed E-state index contributed by atoms with van der Waals surface area (Å²) >= 11 is 0. The highest BCUT2D eigenvalue weighted by Gasteiger charge is 2.31. The standard InChI is InChI=1S/C31H40N6O/c1-19-7-8-21(29(31(3,4)5)25-9-10-27(36(6)33)30(32)20(25)2)13-23(19)17-37-11-12-38-28-15-22-16-34-35-26(22)14-24(28)18-37/h7-10,13-16,29H,11-12,17-18,32-33H2,1-6H3,(H,34,35). The fourth-order valence-corrected chi connectivity index (χ4v) is 5.79. The zero-order valence-corrected chi connectivity index (χ0v) is 23.4. The van der Waals surface area contributed by atoms with E-state index in [9.17, 15) is 0 Å². The second kappa shape index (κ2) is 9.97. The number of nitrogens with two attached hydrogens (primary N) is 2. The molecule has 0 saturated carbocycles. The van der Waals surface area contributed by atoms with Crippen LogP contribution in [0.2, 0.25) is 0 Å². The summed E-state index contributed by atoms with van der Waals surface area (Å²) in [5, 5.41) is 9.93. The number of nitrogen functional groups attached to an aromatic ring is 1. The van der Waals surface area contributed by atoms with E-state index in [2.05, 4.69) is 86.1 Å². The number of aromatic amines is 1. The summed E-state index contributed by atoms with van der Waals surface area (Å²) in [5.41, 5.74) is 16.6. The highest BCUT2D eigenvalue weighted by Crippen LogP contribution is 2.44. The van der Waals surface area contributed by atoms with E-state index in [0.717, 1.165) is 53.2 Å². The summed E-state index contributed by atoms with van der Waals surface area (Å²) < 4.78 is 6.13. The molecule has 7 nitrogen and oxygen atoms in total. The Balaban J connectivity index is 1.48. The summed E-state index contributed by atoms with van der Waals surface area (Å²) in [6.45, 7) is 14.4. The van der Waals surface area contributed by atoms with Gasteiger partial charge >= 0.3 is 0 Å². The van der Waals surface area contributed by atoms with Crippen LogP contribution in [0.1, 0.15) is 60.1 Å². The smallest absolute Gasteiger partial charge is 0.124 e. The van der Waals surface area contributed by atoms with Crippen molar-refractivity contribution in [3.05, 3.63) is 82.0 Å². The average Bonchev–Trinajstić information content (AvgIpc) is 3.20. The normalized spacial score (nSPS) is 15.1. The van der Waals surface area contributed by atoms with Crippen LogP contribution in [0.5, 0.6) is 5.75 Å². The molecule has 0 bridgehead atoms. The Morgan fingerprint density at radius 3 is 2.66 bits per heavy atom. The third-order valence-electron chi connectivity index (χ3n) is 7.87. The molecule has 2 heterocycles. The van der Waals surface area contributed by atoms with Crippen molar-refractivity contribution in [1.29, 1.82) is 0 Å². The fourth-order valence-electron chi connectivity index (χ4n) is 5.79. The zero-order valence-electron chi connectivity index (χ0n) is 23.4. The number of aryl methyl sites for hydroxylation is 1. The van der Waals surface area contributed by atoms with Gasteiger partial charge in [0.1, 0.15) is 12.4 Å². The molecular formula is C31H40N6O. The third-order valence-corrected chi connectivity index (χ3v) is 7.87. The number of rotatable bonds is 5. The molecule has 200 valence electrons. The van der Waals surface area contributed by atoms with Gasteiger partial charge in [0.25, 0.3) is 0 Å². The minimum Gasteiger partial charge on any atom is -0.492 e. The lowest BCUT2D eigenvalue weighted by Crippen LogP contribution is -2.27. The largest absolute Gasteiger partial charge is 0.492 e. The number of aromatic nitrogens is 2. The topological polar surface area (TPSA) is 96.4 Å². The van der Waals surface area contributed by atoms with Gasteiger partial charge in [0, 0.05) is 43.5 Å². The molecule has 0 fully saturated rings. The van der Waals surface area contributed by atoms with Crippen LogP contribution in [-0.2, 0) is 13.1 Å². The first-order valence-electron chi connectivity index (χ1n) is 13.3. The molecule has 1 aliphatic rings. The Hall–Kier alpha value is -3.55. The van der Waals surface area contributed by atoms with Gasteiger partial charge in [-0.1, -0.05) is 45.0 Å². The predicted octanol–water partition coefficient (Wildman–Crippen LogP) is 5.64. The van der Waals surface area contributed by atoms with Crippen molar-refractivity contribution in [2.45, 2.75) is 53.6 Å². The maximum absolute atomic E-state index is 6.56. The number of H-pyrrole nitrogens is 1. The number of nitrogens with one attached hydrogen (secondary N) is 1. The number of hydrogen-bond acceptors (Lipinski definition) is 6. The Kier molecular flexibility index (Phi) is 6.84. The quantitative estimate of drug-likeness (QED) is 0.182. The van der Waals surface area contributed by atoms with Crippen LogP contribution >= 0.6 is 0 Å². The van der Waals surface area contributed by atoms with E-state index in [-0.39, 0.29) is 11.3 Å². The number of benzene rings is 3. The minimum absolute atomic E-state index is 0.00923. The lowest BCUT2D eigenvalue weighted by atomic mass is 9.71. The van der Waals surface area contributed by atoms with Crippen LogP contribution in [0.3, 0.4) is 0 Å². The molecule has 1 aromatic heterocycles. The summed E-state index contributed by atoms with van der Waals surface area (Å²) in [7, 11) is 1.82. The highest BCUT2D eigenvalue weighted by atomic mass is 16.5. The lowest BCUT2D eigenvalue weighted by Gasteiger charge is -2.34. The highest BCUT2D eigenvalue weighted by molar-refractivity contribution is 5.81. The summed E-state index contributed by atoms with van der Waals surface area (Å²) in [4.78, 5) is 2.47. The van der Waals surface area contributed by atoms with Gasteiger partial charge < -0.3 is 15.5 Å². The number of fused-ring (bicyclic) bond motifs is 2. The SMILES string of the molecule is Cc1ccc(C(c2ccc(N(C)N)c(N)c2C)C(C)(C)C)cc1CN1CCOc2cc3cn[nH]c3cc2C1.